The van der Waals surface area contributed by atoms with Gasteiger partial charge in [0.05, 0.1) is 0 Å². The Bertz CT molecular complexity index is 907. The van der Waals surface area contributed by atoms with Crippen molar-refractivity contribution in [2.75, 3.05) is 0 Å². The summed E-state index contributed by atoms with van der Waals surface area (Å²) in [5.74, 6) is 2.43. The molecule has 2 heteroatoms. The molecule has 0 unspecified atom stereocenters. The van der Waals surface area contributed by atoms with Crippen LogP contribution in [0.2, 0.25) is 0 Å². The third-order valence-corrected chi connectivity index (χ3v) is 8.54. The van der Waals surface area contributed by atoms with Crippen molar-refractivity contribution in [1.29, 1.82) is 0 Å². The van der Waals surface area contributed by atoms with E-state index in [1.807, 2.05) is 18.5 Å². The first-order valence-electron chi connectivity index (χ1n) is 8.71. The molecule has 4 aromatic rings. The maximum atomic E-state index is 4.34. The first-order chi connectivity index (χ1) is 12.9. The van der Waals surface area contributed by atoms with Gasteiger partial charge in [0.2, 0.25) is 0 Å². The molecule has 126 valence electrons. The van der Waals surface area contributed by atoms with Gasteiger partial charge in [-0.25, -0.2) is 0 Å². The molecule has 0 aliphatic rings. The minimum absolute atomic E-state index is 1.15. The zero-order valence-corrected chi connectivity index (χ0v) is 15.3. The quantitative estimate of drug-likeness (QED) is 0.501. The van der Waals surface area contributed by atoms with Crippen molar-refractivity contribution in [3.05, 3.63) is 121 Å². The van der Waals surface area contributed by atoms with Crippen molar-refractivity contribution < 1.29 is 0 Å². The third-order valence-electron chi connectivity index (χ3n) is 4.52. The Labute approximate surface area is 155 Å². The zero-order valence-electron chi connectivity index (χ0n) is 14.4. The summed E-state index contributed by atoms with van der Waals surface area (Å²) in [4.78, 5) is 4.34. The highest BCUT2D eigenvalue weighted by Gasteiger charge is 2.24. The van der Waals surface area contributed by atoms with Crippen LogP contribution in [0.15, 0.2) is 116 Å². The van der Waals surface area contributed by atoms with Crippen LogP contribution in [-0.4, -0.2) is 10.8 Å². The van der Waals surface area contributed by atoms with E-state index in [1.165, 1.54) is 15.9 Å². The summed E-state index contributed by atoms with van der Waals surface area (Å²) < 4.78 is 0. The Hall–Kier alpha value is -2.89. The van der Waals surface area contributed by atoms with Gasteiger partial charge in [-0.15, -0.1) is 0 Å². The van der Waals surface area contributed by atoms with Crippen LogP contribution >= 0.6 is 6.89 Å². The van der Waals surface area contributed by atoms with E-state index in [0.29, 0.717) is 0 Å². The summed E-state index contributed by atoms with van der Waals surface area (Å²) in [6, 6.07) is 36.7. The lowest BCUT2D eigenvalue weighted by molar-refractivity contribution is 1.32. The van der Waals surface area contributed by atoms with E-state index in [-0.39, 0.29) is 0 Å². The molecule has 0 amide bonds. The Morgan fingerprint density at radius 2 is 1.00 bits per heavy atom. The topological polar surface area (TPSA) is 12.9 Å². The maximum absolute atomic E-state index is 4.34. The fourth-order valence-corrected chi connectivity index (χ4v) is 7.20. The van der Waals surface area contributed by atoms with Gasteiger partial charge in [-0.2, -0.15) is 0 Å². The fraction of sp³-hybridized carbons (Fsp3) is 0. The molecule has 0 atom stereocenters. The molecule has 0 spiro atoms. The van der Waals surface area contributed by atoms with E-state index in [4.69, 9.17) is 0 Å². The smallest absolute Gasteiger partial charge is 0.0340 e. The standard InChI is InChI=1S/C24H20NP/c1-4-12-22(13-5-1)26(23-14-6-2-7-15-23,24-16-8-3-9-17-24)20-21-11-10-18-25-19-21/h1-20H. The molecular formula is C24H20NP. The van der Waals surface area contributed by atoms with Crippen LogP contribution in [-0.2, 0) is 0 Å². The Morgan fingerprint density at radius 3 is 1.38 bits per heavy atom. The van der Waals surface area contributed by atoms with E-state index >= 15 is 0 Å². The van der Waals surface area contributed by atoms with Gasteiger partial charge in [0.25, 0.3) is 0 Å². The van der Waals surface area contributed by atoms with Gasteiger partial charge in [0.1, 0.15) is 0 Å². The van der Waals surface area contributed by atoms with E-state index in [9.17, 15) is 0 Å². The predicted molar refractivity (Wildman–Crippen MR) is 115 cm³/mol. The van der Waals surface area contributed by atoms with Gasteiger partial charge in [0, 0.05) is 12.4 Å². The minimum Gasteiger partial charge on any atom is -0.264 e. The van der Waals surface area contributed by atoms with Gasteiger partial charge < -0.3 is 0 Å². The van der Waals surface area contributed by atoms with Gasteiger partial charge in [0.15, 0.2) is 0 Å². The molecule has 0 saturated heterocycles. The van der Waals surface area contributed by atoms with Crippen LogP contribution in [0.1, 0.15) is 5.56 Å². The summed E-state index contributed by atoms with van der Waals surface area (Å²) in [5.41, 5.74) is 1.15. The van der Waals surface area contributed by atoms with Gasteiger partial charge in [-0.3, -0.25) is 4.98 Å². The summed E-state index contributed by atoms with van der Waals surface area (Å²) in [6.45, 7) is -1.94. The molecule has 0 aliphatic carbocycles. The molecule has 0 bridgehead atoms. The van der Waals surface area contributed by atoms with Gasteiger partial charge in [-0.05, 0) is 40.2 Å². The fourth-order valence-electron chi connectivity index (χ4n) is 3.34. The lowest BCUT2D eigenvalue weighted by atomic mass is 10.3. The molecule has 3 aromatic carbocycles. The highest BCUT2D eigenvalue weighted by atomic mass is 31.2. The number of aromatic nitrogens is 1. The second-order valence-corrected chi connectivity index (χ2v) is 9.40. The lowest BCUT2D eigenvalue weighted by Crippen LogP contribution is -2.27. The second-order valence-electron chi connectivity index (χ2n) is 6.14. The van der Waals surface area contributed by atoms with Crippen LogP contribution in [0.3, 0.4) is 0 Å². The number of benzene rings is 3. The average Bonchev–Trinajstić information content (AvgIpc) is 2.75. The Morgan fingerprint density at radius 1 is 0.538 bits per heavy atom. The summed E-state index contributed by atoms with van der Waals surface area (Å²) >= 11 is 0. The summed E-state index contributed by atoms with van der Waals surface area (Å²) in [5, 5.41) is 4.05. The molecule has 4 rings (SSSR count). The maximum Gasteiger partial charge on any atom is 0.0340 e. The van der Waals surface area contributed by atoms with Crippen molar-refractivity contribution in [2.24, 2.45) is 0 Å². The van der Waals surface area contributed by atoms with E-state index < -0.39 is 6.89 Å². The molecule has 0 N–H and O–H groups in total. The molecule has 0 aliphatic heterocycles. The Balaban J connectivity index is 2.13. The first kappa shape index (κ1) is 16.6. The number of hydrogen-bond donors (Lipinski definition) is 0. The van der Waals surface area contributed by atoms with Crippen molar-refractivity contribution in [3.8, 4) is 0 Å². The summed E-state index contributed by atoms with van der Waals surface area (Å²) in [7, 11) is 0. The minimum atomic E-state index is -1.94. The lowest BCUT2D eigenvalue weighted by Gasteiger charge is -2.28. The average molecular weight is 353 g/mol. The van der Waals surface area contributed by atoms with Crippen molar-refractivity contribution >= 4 is 28.6 Å². The largest absolute Gasteiger partial charge is 0.264 e. The molecule has 1 aromatic heterocycles. The highest BCUT2D eigenvalue weighted by Crippen LogP contribution is 2.44. The SMILES string of the molecule is C(c1cccnc1)=P(c1ccccc1)(c1ccccc1)c1ccccc1. The number of nitrogens with zero attached hydrogens (tertiary/aromatic N) is 1. The van der Waals surface area contributed by atoms with Crippen LogP contribution < -0.4 is 15.9 Å². The second kappa shape index (κ2) is 7.56. The monoisotopic (exact) mass is 353 g/mol. The predicted octanol–water partition coefficient (Wildman–Crippen LogP) is 4.23. The Kier molecular flexibility index (Phi) is 4.82. The van der Waals surface area contributed by atoms with E-state index in [1.54, 1.807) is 0 Å². The van der Waals surface area contributed by atoms with E-state index in [2.05, 4.69) is 108 Å². The molecule has 26 heavy (non-hydrogen) atoms. The third kappa shape index (κ3) is 3.14. The van der Waals surface area contributed by atoms with Crippen molar-refractivity contribution in [2.45, 2.75) is 0 Å². The van der Waals surface area contributed by atoms with Crippen molar-refractivity contribution in [1.82, 2.24) is 4.98 Å². The van der Waals surface area contributed by atoms with Crippen LogP contribution in [0.25, 0.3) is 0 Å². The number of hydrogen-bond acceptors (Lipinski definition) is 1. The number of rotatable bonds is 4. The van der Waals surface area contributed by atoms with Crippen LogP contribution in [0.4, 0.5) is 0 Å². The number of pyridine rings is 1. The molecule has 0 fully saturated rings. The van der Waals surface area contributed by atoms with Crippen LogP contribution in [0, 0.1) is 0 Å². The highest BCUT2D eigenvalue weighted by molar-refractivity contribution is 7.94. The van der Waals surface area contributed by atoms with Crippen LogP contribution in [0.5, 0.6) is 0 Å². The first-order valence-corrected chi connectivity index (χ1v) is 10.6. The molecular weight excluding hydrogens is 333 g/mol. The normalized spacial score (nSPS) is 11.1. The van der Waals surface area contributed by atoms with Gasteiger partial charge in [-0.1, -0.05) is 97.1 Å². The van der Waals surface area contributed by atoms with Crippen molar-refractivity contribution in [3.63, 3.8) is 0 Å². The molecule has 1 nitrogen and oxygen atoms in total. The molecule has 0 radical (unpaired) electrons. The zero-order chi connectivity index (χ0) is 17.7. The summed E-state index contributed by atoms with van der Waals surface area (Å²) in [6.07, 6.45) is 3.77. The van der Waals surface area contributed by atoms with Gasteiger partial charge >= 0.3 is 0 Å². The molecule has 0 saturated carbocycles. The molecule has 1 heterocycles. The van der Waals surface area contributed by atoms with E-state index in [0.717, 1.165) is 5.56 Å².